The first-order valence-corrected chi connectivity index (χ1v) is 9.12. The molecule has 0 unspecified atom stereocenters. The topological polar surface area (TPSA) is 58.1 Å². The number of nitrogens with one attached hydrogen (secondary N) is 1. The Labute approximate surface area is 149 Å². The number of likely N-dealkylation sites (tertiary alicyclic amines) is 1. The molecule has 0 radical (unpaired) electrons. The number of nitrogens with zero attached hydrogens (tertiary/aromatic N) is 3. The molecule has 0 aliphatic carbocycles. The second-order valence-electron chi connectivity index (χ2n) is 6.90. The Morgan fingerprint density at radius 3 is 2.24 bits per heavy atom. The van der Waals surface area contributed by atoms with Gasteiger partial charge in [0.15, 0.2) is 0 Å². The predicted octanol–water partition coefficient (Wildman–Crippen LogP) is 4.36. The predicted molar refractivity (Wildman–Crippen MR) is 100 cm³/mol. The van der Waals surface area contributed by atoms with Gasteiger partial charge in [0.1, 0.15) is 11.5 Å². The number of carbonyl (C=O) groups is 1. The summed E-state index contributed by atoms with van der Waals surface area (Å²) in [6.45, 7) is 5.99. The molecule has 1 aromatic heterocycles. The van der Waals surface area contributed by atoms with Crippen LogP contribution in [0.2, 0.25) is 0 Å². The van der Waals surface area contributed by atoms with E-state index < -0.39 is 0 Å². The Hall–Kier alpha value is -2.43. The third-order valence-electron chi connectivity index (χ3n) is 4.61. The fourth-order valence-corrected chi connectivity index (χ4v) is 3.04. The first-order chi connectivity index (χ1) is 12.1. The van der Waals surface area contributed by atoms with Crippen LogP contribution in [0, 0.1) is 0 Å². The average molecular weight is 338 g/mol. The summed E-state index contributed by atoms with van der Waals surface area (Å²) in [6.07, 6.45) is 7.75. The Kier molecular flexibility index (Phi) is 5.64. The molecule has 1 saturated heterocycles. The Morgan fingerprint density at radius 1 is 1.00 bits per heavy atom. The minimum absolute atomic E-state index is 0.0118. The SMILES string of the molecule is CC(C)c1ccc(Nc2cnc(C(=O)N3CCCCCC3)cn2)cc1. The molecule has 2 aromatic rings. The lowest BCUT2D eigenvalue weighted by Gasteiger charge is -2.19. The highest BCUT2D eigenvalue weighted by atomic mass is 16.2. The van der Waals surface area contributed by atoms with E-state index in [1.165, 1.54) is 18.4 Å². The van der Waals surface area contributed by atoms with Crippen molar-refractivity contribution in [1.29, 1.82) is 0 Å². The molecule has 25 heavy (non-hydrogen) atoms. The number of hydrogen-bond donors (Lipinski definition) is 1. The number of amides is 1. The van der Waals surface area contributed by atoms with Gasteiger partial charge in [-0.05, 0) is 36.5 Å². The van der Waals surface area contributed by atoms with Crippen molar-refractivity contribution in [1.82, 2.24) is 14.9 Å². The van der Waals surface area contributed by atoms with E-state index in [0.29, 0.717) is 17.4 Å². The summed E-state index contributed by atoms with van der Waals surface area (Å²) in [6, 6.07) is 8.29. The van der Waals surface area contributed by atoms with Crippen molar-refractivity contribution in [2.75, 3.05) is 18.4 Å². The maximum Gasteiger partial charge on any atom is 0.274 e. The summed E-state index contributed by atoms with van der Waals surface area (Å²) in [4.78, 5) is 23.1. The summed E-state index contributed by atoms with van der Waals surface area (Å²) in [5, 5.41) is 3.23. The van der Waals surface area contributed by atoms with E-state index in [9.17, 15) is 4.79 Å². The summed E-state index contributed by atoms with van der Waals surface area (Å²) >= 11 is 0. The van der Waals surface area contributed by atoms with Crippen molar-refractivity contribution in [3.63, 3.8) is 0 Å². The highest BCUT2D eigenvalue weighted by Crippen LogP contribution is 2.19. The molecule has 1 aliphatic heterocycles. The van der Waals surface area contributed by atoms with Gasteiger partial charge in [0.25, 0.3) is 5.91 Å². The van der Waals surface area contributed by atoms with E-state index in [1.54, 1.807) is 12.4 Å². The summed E-state index contributed by atoms with van der Waals surface area (Å²) in [7, 11) is 0. The third-order valence-corrected chi connectivity index (χ3v) is 4.61. The standard InChI is InChI=1S/C20H26N4O/c1-15(2)16-7-9-17(10-8-16)23-19-14-21-18(13-22-19)20(25)24-11-5-3-4-6-12-24/h7-10,13-15H,3-6,11-12H2,1-2H3,(H,22,23). The van der Waals surface area contributed by atoms with Gasteiger partial charge in [-0.2, -0.15) is 0 Å². The van der Waals surface area contributed by atoms with Crippen LogP contribution in [0.25, 0.3) is 0 Å². The molecule has 1 fully saturated rings. The van der Waals surface area contributed by atoms with E-state index in [-0.39, 0.29) is 5.91 Å². The van der Waals surface area contributed by atoms with Gasteiger partial charge in [-0.15, -0.1) is 0 Å². The lowest BCUT2D eigenvalue weighted by Crippen LogP contribution is -2.32. The first kappa shape index (κ1) is 17.4. The van der Waals surface area contributed by atoms with E-state index in [4.69, 9.17) is 0 Å². The molecule has 0 atom stereocenters. The molecule has 0 saturated carbocycles. The number of anilines is 2. The van der Waals surface area contributed by atoms with Crippen LogP contribution in [0.1, 0.15) is 61.5 Å². The fourth-order valence-electron chi connectivity index (χ4n) is 3.04. The summed E-state index contributed by atoms with van der Waals surface area (Å²) in [5.74, 6) is 1.14. The molecule has 1 aliphatic rings. The molecule has 1 amide bonds. The van der Waals surface area contributed by atoms with Crippen LogP contribution in [-0.2, 0) is 0 Å². The Bertz CT molecular complexity index is 687. The van der Waals surface area contributed by atoms with E-state index in [1.807, 2.05) is 17.0 Å². The van der Waals surface area contributed by atoms with Crippen molar-refractivity contribution in [2.24, 2.45) is 0 Å². The normalized spacial score (nSPS) is 15.1. The zero-order chi connectivity index (χ0) is 17.6. The molecular formula is C20H26N4O. The lowest BCUT2D eigenvalue weighted by molar-refractivity contribution is 0.0755. The third kappa shape index (κ3) is 4.56. The fraction of sp³-hybridized carbons (Fsp3) is 0.450. The minimum atomic E-state index is -0.0118. The van der Waals surface area contributed by atoms with Crippen molar-refractivity contribution in [3.8, 4) is 0 Å². The lowest BCUT2D eigenvalue weighted by atomic mass is 10.0. The largest absolute Gasteiger partial charge is 0.339 e. The second kappa shape index (κ2) is 8.10. The molecule has 2 heterocycles. The van der Waals surface area contributed by atoms with Crippen molar-refractivity contribution in [3.05, 3.63) is 47.9 Å². The summed E-state index contributed by atoms with van der Waals surface area (Å²) < 4.78 is 0. The van der Waals surface area contributed by atoms with Crippen LogP contribution in [0.4, 0.5) is 11.5 Å². The maximum absolute atomic E-state index is 12.5. The van der Waals surface area contributed by atoms with Gasteiger partial charge in [0.2, 0.25) is 0 Å². The molecule has 5 nitrogen and oxygen atoms in total. The molecule has 5 heteroatoms. The monoisotopic (exact) mass is 338 g/mol. The molecule has 0 spiro atoms. The van der Waals surface area contributed by atoms with Crippen LogP contribution in [0.3, 0.4) is 0 Å². The number of aromatic nitrogens is 2. The quantitative estimate of drug-likeness (QED) is 0.900. The molecule has 1 aromatic carbocycles. The van der Waals surface area contributed by atoms with Gasteiger partial charge in [0, 0.05) is 18.8 Å². The number of rotatable bonds is 4. The van der Waals surface area contributed by atoms with Gasteiger partial charge in [0.05, 0.1) is 12.4 Å². The summed E-state index contributed by atoms with van der Waals surface area (Å²) in [5.41, 5.74) is 2.68. The van der Waals surface area contributed by atoms with Crippen molar-refractivity contribution < 1.29 is 4.79 Å². The number of benzene rings is 1. The van der Waals surface area contributed by atoms with E-state index in [2.05, 4.69) is 41.3 Å². The minimum Gasteiger partial charge on any atom is -0.339 e. The average Bonchev–Trinajstić information content (AvgIpc) is 2.92. The molecular weight excluding hydrogens is 312 g/mol. The van der Waals surface area contributed by atoms with Gasteiger partial charge in [-0.1, -0.05) is 38.8 Å². The van der Waals surface area contributed by atoms with E-state index >= 15 is 0 Å². The molecule has 132 valence electrons. The number of hydrogen-bond acceptors (Lipinski definition) is 4. The zero-order valence-electron chi connectivity index (χ0n) is 15.0. The molecule has 3 rings (SSSR count). The molecule has 1 N–H and O–H groups in total. The van der Waals surface area contributed by atoms with Crippen molar-refractivity contribution in [2.45, 2.75) is 45.4 Å². The van der Waals surface area contributed by atoms with Gasteiger partial charge in [-0.3, -0.25) is 4.79 Å². The smallest absolute Gasteiger partial charge is 0.274 e. The van der Waals surface area contributed by atoms with Crippen LogP contribution < -0.4 is 5.32 Å². The Morgan fingerprint density at radius 2 is 1.68 bits per heavy atom. The van der Waals surface area contributed by atoms with Gasteiger partial charge < -0.3 is 10.2 Å². The highest BCUT2D eigenvalue weighted by molar-refractivity contribution is 5.92. The number of carbonyl (C=O) groups excluding carboxylic acids is 1. The van der Waals surface area contributed by atoms with Gasteiger partial charge >= 0.3 is 0 Å². The van der Waals surface area contributed by atoms with Crippen LogP contribution in [0.15, 0.2) is 36.7 Å². The van der Waals surface area contributed by atoms with E-state index in [0.717, 1.165) is 31.6 Å². The highest BCUT2D eigenvalue weighted by Gasteiger charge is 2.18. The zero-order valence-corrected chi connectivity index (χ0v) is 15.0. The first-order valence-electron chi connectivity index (χ1n) is 9.12. The second-order valence-corrected chi connectivity index (χ2v) is 6.90. The Balaban J connectivity index is 1.64. The van der Waals surface area contributed by atoms with Crippen LogP contribution in [-0.4, -0.2) is 33.9 Å². The maximum atomic E-state index is 12.5. The van der Waals surface area contributed by atoms with Crippen LogP contribution in [0.5, 0.6) is 0 Å². The van der Waals surface area contributed by atoms with Crippen molar-refractivity contribution >= 4 is 17.4 Å². The van der Waals surface area contributed by atoms with Gasteiger partial charge in [-0.25, -0.2) is 9.97 Å². The van der Waals surface area contributed by atoms with Crippen LogP contribution >= 0.6 is 0 Å². The molecule has 0 bridgehead atoms.